The second-order valence-corrected chi connectivity index (χ2v) is 5.51. The Kier molecular flexibility index (Phi) is 6.37. The summed E-state index contributed by atoms with van der Waals surface area (Å²) in [5.74, 6) is 0. The Bertz CT molecular complexity index is 321. The van der Waals surface area contributed by atoms with Crippen LogP contribution in [0.5, 0.6) is 0 Å². The van der Waals surface area contributed by atoms with Crippen LogP contribution in [0.1, 0.15) is 39.7 Å². The van der Waals surface area contributed by atoms with Crippen molar-refractivity contribution in [3.05, 3.63) is 35.9 Å². The van der Waals surface area contributed by atoms with Crippen molar-refractivity contribution in [1.82, 2.24) is 5.32 Å². The van der Waals surface area contributed by atoms with Gasteiger partial charge >= 0.3 is 0 Å². The average Bonchev–Trinajstić information content (AvgIpc) is 2.35. The molecule has 0 amide bonds. The molecule has 1 aromatic rings. The third-order valence-corrected chi connectivity index (χ3v) is 3.32. The molecule has 0 saturated carbocycles. The predicted octanol–water partition coefficient (Wildman–Crippen LogP) is 3.37. The quantitative estimate of drug-likeness (QED) is 0.713. The van der Waals surface area contributed by atoms with Crippen molar-refractivity contribution in [1.29, 1.82) is 0 Å². The summed E-state index contributed by atoms with van der Waals surface area (Å²) in [4.78, 5) is 0. The van der Waals surface area contributed by atoms with Gasteiger partial charge in [0.25, 0.3) is 0 Å². The fourth-order valence-electron chi connectivity index (χ4n) is 2.37. The van der Waals surface area contributed by atoms with Crippen molar-refractivity contribution in [3.63, 3.8) is 0 Å². The van der Waals surface area contributed by atoms with Crippen molar-refractivity contribution in [3.8, 4) is 0 Å². The highest BCUT2D eigenvalue weighted by Gasteiger charge is 2.22. The third kappa shape index (κ3) is 5.19. The molecule has 0 aliphatic rings. The Morgan fingerprint density at radius 3 is 2.50 bits per heavy atom. The van der Waals surface area contributed by atoms with Crippen LogP contribution >= 0.6 is 0 Å². The highest BCUT2D eigenvalue weighted by Crippen LogP contribution is 2.27. The minimum Gasteiger partial charge on any atom is -0.380 e. The topological polar surface area (TPSA) is 21.3 Å². The first-order valence-electron chi connectivity index (χ1n) is 6.93. The number of nitrogens with one attached hydrogen (secondary N) is 1. The Morgan fingerprint density at radius 1 is 1.22 bits per heavy atom. The van der Waals surface area contributed by atoms with Gasteiger partial charge in [0.05, 0.1) is 6.61 Å². The van der Waals surface area contributed by atoms with Crippen LogP contribution in [0, 0.1) is 0 Å². The SMILES string of the molecule is CCOCCNC(C)CC(C)(C)c1ccccc1. The van der Waals surface area contributed by atoms with Gasteiger partial charge in [0.1, 0.15) is 0 Å². The van der Waals surface area contributed by atoms with E-state index in [1.165, 1.54) is 5.56 Å². The minimum atomic E-state index is 0.208. The summed E-state index contributed by atoms with van der Waals surface area (Å²) >= 11 is 0. The van der Waals surface area contributed by atoms with E-state index in [9.17, 15) is 0 Å². The van der Waals surface area contributed by atoms with Crippen LogP contribution in [0.3, 0.4) is 0 Å². The molecule has 1 unspecified atom stereocenters. The van der Waals surface area contributed by atoms with E-state index in [-0.39, 0.29) is 5.41 Å². The standard InChI is InChI=1S/C16H27NO/c1-5-18-12-11-17-14(2)13-16(3,4)15-9-7-6-8-10-15/h6-10,14,17H,5,11-13H2,1-4H3. The maximum Gasteiger partial charge on any atom is 0.0590 e. The Morgan fingerprint density at radius 2 is 1.89 bits per heavy atom. The van der Waals surface area contributed by atoms with E-state index in [1.54, 1.807) is 0 Å². The van der Waals surface area contributed by atoms with E-state index in [1.807, 2.05) is 6.92 Å². The van der Waals surface area contributed by atoms with Crippen LogP contribution in [0.4, 0.5) is 0 Å². The predicted molar refractivity (Wildman–Crippen MR) is 78.0 cm³/mol. The lowest BCUT2D eigenvalue weighted by Crippen LogP contribution is -2.35. The summed E-state index contributed by atoms with van der Waals surface area (Å²) in [6, 6.07) is 11.2. The Balaban J connectivity index is 2.40. The van der Waals surface area contributed by atoms with Gasteiger partial charge in [-0.2, -0.15) is 0 Å². The first kappa shape index (κ1) is 15.2. The van der Waals surface area contributed by atoms with Crippen LogP contribution in [0.25, 0.3) is 0 Å². The summed E-state index contributed by atoms with van der Waals surface area (Å²) < 4.78 is 5.34. The number of hydrogen-bond donors (Lipinski definition) is 1. The van der Waals surface area contributed by atoms with E-state index >= 15 is 0 Å². The number of benzene rings is 1. The molecule has 1 aromatic carbocycles. The molecule has 0 aromatic heterocycles. The highest BCUT2D eigenvalue weighted by molar-refractivity contribution is 5.23. The van der Waals surface area contributed by atoms with Gasteiger partial charge in [0, 0.05) is 19.2 Å². The van der Waals surface area contributed by atoms with Gasteiger partial charge in [0.2, 0.25) is 0 Å². The lowest BCUT2D eigenvalue weighted by atomic mass is 9.79. The zero-order valence-corrected chi connectivity index (χ0v) is 12.2. The van der Waals surface area contributed by atoms with Gasteiger partial charge in [-0.15, -0.1) is 0 Å². The van der Waals surface area contributed by atoms with E-state index < -0.39 is 0 Å². The van der Waals surface area contributed by atoms with Crippen LogP contribution in [-0.4, -0.2) is 25.8 Å². The van der Waals surface area contributed by atoms with E-state index in [2.05, 4.69) is 56.4 Å². The molecule has 2 heteroatoms. The van der Waals surface area contributed by atoms with Crippen molar-refractivity contribution in [2.24, 2.45) is 0 Å². The third-order valence-electron chi connectivity index (χ3n) is 3.32. The van der Waals surface area contributed by atoms with Gasteiger partial charge in [-0.25, -0.2) is 0 Å². The van der Waals surface area contributed by atoms with E-state index in [0.29, 0.717) is 6.04 Å². The summed E-state index contributed by atoms with van der Waals surface area (Å²) in [5, 5.41) is 3.52. The molecule has 102 valence electrons. The Hall–Kier alpha value is -0.860. The maximum absolute atomic E-state index is 5.34. The molecule has 0 radical (unpaired) electrons. The molecule has 2 nitrogen and oxygen atoms in total. The van der Waals surface area contributed by atoms with Crippen molar-refractivity contribution >= 4 is 0 Å². The molecule has 0 saturated heterocycles. The lowest BCUT2D eigenvalue weighted by Gasteiger charge is -2.29. The first-order chi connectivity index (χ1) is 8.56. The van der Waals surface area contributed by atoms with Crippen molar-refractivity contribution in [2.75, 3.05) is 19.8 Å². The number of hydrogen-bond acceptors (Lipinski definition) is 2. The molecule has 1 N–H and O–H groups in total. The molecule has 0 heterocycles. The van der Waals surface area contributed by atoms with Crippen LogP contribution < -0.4 is 5.32 Å². The minimum absolute atomic E-state index is 0.208. The van der Waals surface area contributed by atoms with E-state index in [0.717, 1.165) is 26.2 Å². The Labute approximate surface area is 112 Å². The van der Waals surface area contributed by atoms with Crippen LogP contribution in [-0.2, 0) is 10.2 Å². The molecule has 0 aliphatic carbocycles. The zero-order valence-electron chi connectivity index (χ0n) is 12.2. The fraction of sp³-hybridized carbons (Fsp3) is 0.625. The summed E-state index contributed by atoms with van der Waals surface area (Å²) in [6.45, 7) is 11.4. The summed E-state index contributed by atoms with van der Waals surface area (Å²) in [6.07, 6.45) is 1.13. The van der Waals surface area contributed by atoms with Gasteiger partial charge < -0.3 is 10.1 Å². The first-order valence-corrected chi connectivity index (χ1v) is 6.93. The normalized spacial score (nSPS) is 13.6. The molecule has 1 atom stereocenters. The maximum atomic E-state index is 5.34. The van der Waals surface area contributed by atoms with E-state index in [4.69, 9.17) is 4.74 Å². The molecular weight excluding hydrogens is 222 g/mol. The number of ether oxygens (including phenoxy) is 1. The van der Waals surface area contributed by atoms with Gasteiger partial charge in [-0.05, 0) is 31.2 Å². The molecule has 0 spiro atoms. The van der Waals surface area contributed by atoms with Crippen molar-refractivity contribution in [2.45, 2.75) is 45.6 Å². The lowest BCUT2D eigenvalue weighted by molar-refractivity contribution is 0.146. The summed E-state index contributed by atoms with van der Waals surface area (Å²) in [7, 11) is 0. The molecule has 18 heavy (non-hydrogen) atoms. The molecule has 0 aliphatic heterocycles. The molecule has 0 fully saturated rings. The van der Waals surface area contributed by atoms with Gasteiger partial charge in [-0.1, -0.05) is 44.2 Å². The molecule has 0 bridgehead atoms. The zero-order chi connectivity index (χ0) is 13.4. The monoisotopic (exact) mass is 249 g/mol. The van der Waals surface area contributed by atoms with Crippen LogP contribution in [0.2, 0.25) is 0 Å². The van der Waals surface area contributed by atoms with Crippen LogP contribution in [0.15, 0.2) is 30.3 Å². The smallest absolute Gasteiger partial charge is 0.0590 e. The summed E-state index contributed by atoms with van der Waals surface area (Å²) in [5.41, 5.74) is 1.61. The molecule has 1 rings (SSSR count). The highest BCUT2D eigenvalue weighted by atomic mass is 16.5. The fourth-order valence-corrected chi connectivity index (χ4v) is 2.37. The van der Waals surface area contributed by atoms with Gasteiger partial charge in [0.15, 0.2) is 0 Å². The largest absolute Gasteiger partial charge is 0.380 e. The average molecular weight is 249 g/mol. The number of rotatable bonds is 8. The molecular formula is C16H27NO. The second-order valence-electron chi connectivity index (χ2n) is 5.51. The second kappa shape index (κ2) is 7.55. The van der Waals surface area contributed by atoms with Gasteiger partial charge in [-0.3, -0.25) is 0 Å². The van der Waals surface area contributed by atoms with Crippen molar-refractivity contribution < 1.29 is 4.74 Å².